The number of pyridine rings is 2. The molecule has 0 atom stereocenters. The minimum absolute atomic E-state index is 0. The molecule has 51 heavy (non-hydrogen) atoms. The number of carbonyl (C=O) groups excluding carboxylic acids is 2. The van der Waals surface area contributed by atoms with Crippen LogP contribution in [0.3, 0.4) is 0 Å². The second-order valence-electron chi connectivity index (χ2n) is 10.5. The topological polar surface area (TPSA) is 236 Å². The van der Waals surface area contributed by atoms with Crippen molar-refractivity contribution in [3.8, 4) is 22.6 Å². The Morgan fingerprint density at radius 3 is 1.37 bits per heavy atom. The number of fused-ring (bicyclic) bond motifs is 2. The number of nitrogens with zero attached hydrogens (tertiary/aromatic N) is 4. The van der Waals surface area contributed by atoms with Crippen molar-refractivity contribution in [2.24, 2.45) is 10.2 Å². The first kappa shape index (κ1) is 37.2. The Labute approximate surface area is 312 Å². The van der Waals surface area contributed by atoms with Gasteiger partial charge in [0.2, 0.25) is 11.6 Å². The third kappa shape index (κ3) is 7.52. The number of aromatic nitrogens is 2. The van der Waals surface area contributed by atoms with Crippen LogP contribution >= 0.6 is 0 Å². The number of ketones is 2. The van der Waals surface area contributed by atoms with Crippen LogP contribution < -0.4 is 20.3 Å². The number of anilines is 2. The fourth-order valence-electron chi connectivity index (χ4n) is 5.16. The van der Waals surface area contributed by atoms with Crippen LogP contribution in [0.1, 0.15) is 32.1 Å². The number of hydrazone groups is 2. The number of benzene rings is 2. The van der Waals surface area contributed by atoms with Crippen LogP contribution in [0.5, 0.6) is 11.5 Å². The minimum Gasteiger partial charge on any atom is -0.496 e. The van der Waals surface area contributed by atoms with Gasteiger partial charge in [-0.2, -0.15) is 27.0 Å². The molecule has 4 aromatic rings. The first-order valence-electron chi connectivity index (χ1n) is 14.2. The number of Topliss-reactive ketones (excluding diaryl/α,β-unsaturated/α-hetero) is 2. The third-order valence-corrected chi connectivity index (χ3v) is 9.22. The summed E-state index contributed by atoms with van der Waals surface area (Å²) < 4.78 is 78.6. The number of hydrogen-bond acceptors (Lipinski definition) is 14. The summed E-state index contributed by atoms with van der Waals surface area (Å²) in [5, 5.41) is 8.12. The number of methoxy groups -OCH3 is 2. The summed E-state index contributed by atoms with van der Waals surface area (Å²) in [5.41, 5.74) is 6.22. The van der Waals surface area contributed by atoms with Gasteiger partial charge in [-0.25, -0.2) is 0 Å². The fraction of sp³-hybridized carbons (Fsp3) is 0.0625. The summed E-state index contributed by atoms with van der Waals surface area (Å²) in [6.07, 6.45) is 4.54. The van der Waals surface area contributed by atoms with E-state index in [1.807, 2.05) is 0 Å². The van der Waals surface area contributed by atoms with Gasteiger partial charge >= 0.3 is 0 Å². The maximum atomic E-state index is 13.0. The van der Waals surface area contributed by atoms with Gasteiger partial charge in [-0.1, -0.05) is 0 Å². The predicted molar refractivity (Wildman–Crippen MR) is 189 cm³/mol. The average Bonchev–Trinajstić information content (AvgIpc) is 3.10. The van der Waals surface area contributed by atoms with Crippen LogP contribution in [0.4, 0.5) is 11.4 Å². The first-order valence-corrected chi connectivity index (χ1v) is 17.1. The van der Waals surface area contributed by atoms with Gasteiger partial charge in [0.05, 0.1) is 25.6 Å². The maximum absolute atomic E-state index is 13.0. The standard InChI is InChI=1S/C32H24N6O10S2.Na/c1-47-25-13-17(35-37-23-15-27(49(41,42)43)21-5-3-11-33-29(21)31(23)39)7-9-19(25)20-10-8-18(14-26(20)48-2)36-38-24-16-28(50(44,45)46)22-6-4-12-34-30(22)32(24)40;/h3-16,35-36H,1-2H3,(H,41,42,43)(H,44,45,46);. The molecule has 1 radical (unpaired) electrons. The molecule has 2 aromatic carbocycles. The fourth-order valence-corrected chi connectivity index (χ4v) is 6.56. The molecule has 2 heterocycles. The largest absolute Gasteiger partial charge is 0.496 e. The number of ether oxygens (including phenoxy) is 2. The van der Waals surface area contributed by atoms with Crippen LogP contribution in [0.25, 0.3) is 20.9 Å². The van der Waals surface area contributed by atoms with Crippen molar-refractivity contribution in [2.45, 2.75) is 0 Å². The minimum atomic E-state index is -4.70. The van der Waals surface area contributed by atoms with E-state index in [2.05, 4.69) is 31.0 Å². The summed E-state index contributed by atoms with van der Waals surface area (Å²) in [4.78, 5) is 32.8. The Kier molecular flexibility index (Phi) is 10.7. The molecule has 0 aliphatic heterocycles. The zero-order valence-corrected chi connectivity index (χ0v) is 30.5. The Balaban J connectivity index is 0.00000504. The van der Waals surface area contributed by atoms with Crippen molar-refractivity contribution in [1.29, 1.82) is 0 Å². The van der Waals surface area contributed by atoms with Gasteiger partial charge in [-0.05, 0) is 60.7 Å². The van der Waals surface area contributed by atoms with Crippen LogP contribution in [0.15, 0.2) is 95.4 Å². The molecule has 255 valence electrons. The van der Waals surface area contributed by atoms with Crippen LogP contribution in [0.2, 0.25) is 0 Å². The van der Waals surface area contributed by atoms with E-state index in [1.165, 1.54) is 50.9 Å². The summed E-state index contributed by atoms with van der Waals surface area (Å²) in [7, 11) is -6.53. The Morgan fingerprint density at radius 1 is 0.627 bits per heavy atom. The molecule has 0 amide bonds. The molecule has 0 fully saturated rings. The average molecular weight is 740 g/mol. The summed E-state index contributed by atoms with van der Waals surface area (Å²) >= 11 is 0. The molecule has 6 rings (SSSR count). The number of hydrogen-bond donors (Lipinski definition) is 4. The smallest absolute Gasteiger partial charge is 0.295 e. The van der Waals surface area contributed by atoms with Gasteiger partial charge in [0.1, 0.15) is 44.1 Å². The van der Waals surface area contributed by atoms with Crippen molar-refractivity contribution in [3.05, 3.63) is 108 Å². The molecule has 0 spiro atoms. The summed E-state index contributed by atoms with van der Waals surface area (Å²) in [5.74, 6) is -0.603. The molecule has 19 heteroatoms. The Hall–Kier alpha value is -5.08. The predicted octanol–water partition coefficient (Wildman–Crippen LogP) is 3.57. The quantitative estimate of drug-likeness (QED) is 0.109. The SMILES string of the molecule is COc1cc(NN=C2C=C(S(=O)(=O)O)c3cccnc3C2=O)ccc1-c1ccc(NN=C2C=C(S(=O)(=O)O)c3cccnc3C2=O)cc1OC.[Na]. The second-order valence-corrected chi connectivity index (χ2v) is 13.3. The molecule has 2 aliphatic carbocycles. The van der Waals surface area contributed by atoms with Gasteiger partial charge < -0.3 is 9.47 Å². The van der Waals surface area contributed by atoms with E-state index in [-0.39, 0.29) is 63.5 Å². The summed E-state index contributed by atoms with van der Waals surface area (Å²) in [6.45, 7) is 0. The number of rotatable bonds is 9. The number of allylic oxidation sites excluding steroid dienone is 2. The molecule has 2 aromatic heterocycles. The summed E-state index contributed by atoms with van der Waals surface area (Å²) in [6, 6.07) is 15.3. The van der Waals surface area contributed by atoms with E-state index < -0.39 is 41.6 Å². The van der Waals surface area contributed by atoms with E-state index in [4.69, 9.17) is 9.47 Å². The van der Waals surface area contributed by atoms with Crippen molar-refractivity contribution in [1.82, 2.24) is 9.97 Å². The van der Waals surface area contributed by atoms with Gasteiger partial charge in [-0.15, -0.1) is 0 Å². The Bertz CT molecular complexity index is 2290. The van der Waals surface area contributed by atoms with E-state index in [9.17, 15) is 35.5 Å². The van der Waals surface area contributed by atoms with E-state index in [0.717, 1.165) is 12.2 Å². The van der Waals surface area contributed by atoms with Crippen molar-refractivity contribution in [3.63, 3.8) is 0 Å². The van der Waals surface area contributed by atoms with E-state index in [1.54, 1.807) is 36.4 Å². The monoisotopic (exact) mass is 739 g/mol. The maximum Gasteiger partial charge on any atom is 0.295 e. The molecule has 16 nitrogen and oxygen atoms in total. The van der Waals surface area contributed by atoms with Crippen LogP contribution in [-0.4, -0.2) is 103 Å². The third-order valence-electron chi connectivity index (χ3n) is 7.44. The second kappa shape index (κ2) is 14.6. The van der Waals surface area contributed by atoms with Crippen molar-refractivity contribution in [2.75, 3.05) is 25.1 Å². The van der Waals surface area contributed by atoms with Gasteiger partial charge in [0.25, 0.3) is 20.2 Å². The normalized spacial score (nSPS) is 15.6. The zero-order valence-electron chi connectivity index (χ0n) is 26.8. The van der Waals surface area contributed by atoms with Crippen LogP contribution in [0, 0.1) is 0 Å². The van der Waals surface area contributed by atoms with Crippen LogP contribution in [-0.2, 0) is 20.2 Å². The Morgan fingerprint density at radius 2 is 1.02 bits per heavy atom. The molecular weight excluding hydrogens is 716 g/mol. The zero-order chi connectivity index (χ0) is 35.8. The van der Waals surface area contributed by atoms with Crippen molar-refractivity contribution < 1.29 is 45.0 Å². The first-order chi connectivity index (χ1) is 23.8. The molecular formula is C32H24N6NaO10S2. The molecule has 2 aliphatic rings. The molecule has 4 N–H and O–H groups in total. The van der Waals surface area contributed by atoms with E-state index in [0.29, 0.717) is 34.0 Å². The molecule has 0 saturated carbocycles. The molecule has 0 unspecified atom stereocenters. The van der Waals surface area contributed by atoms with E-state index >= 15 is 0 Å². The van der Waals surface area contributed by atoms with Crippen molar-refractivity contribution >= 4 is 94.0 Å². The molecule has 0 bridgehead atoms. The number of nitrogens with one attached hydrogen (secondary N) is 2. The molecule has 0 saturated heterocycles. The van der Waals surface area contributed by atoms with Gasteiger partial charge in [0.15, 0.2) is 0 Å². The van der Waals surface area contributed by atoms with Gasteiger partial charge in [-0.3, -0.25) is 39.5 Å². The number of carbonyl (C=O) groups is 2. The van der Waals surface area contributed by atoms with Gasteiger partial charge in [0, 0.05) is 76.3 Å².